The highest BCUT2D eigenvalue weighted by atomic mass is 32.1. The summed E-state index contributed by atoms with van der Waals surface area (Å²) < 4.78 is 10.6. The fourth-order valence-corrected chi connectivity index (χ4v) is 2.86. The van der Waals surface area contributed by atoms with E-state index in [2.05, 4.69) is 9.97 Å². The topological polar surface area (TPSA) is 87.6 Å². The Morgan fingerprint density at radius 1 is 0.828 bits per heavy atom. The molecule has 148 valence electrons. The van der Waals surface area contributed by atoms with E-state index in [1.54, 1.807) is 36.4 Å². The van der Waals surface area contributed by atoms with E-state index in [4.69, 9.17) is 21.7 Å². The van der Waals surface area contributed by atoms with Crippen LogP contribution in [0.15, 0.2) is 42.5 Å². The molecule has 0 unspecified atom stereocenters. The number of aromatic amines is 1. The molecule has 1 heterocycles. The first kappa shape index (κ1) is 20.2. The van der Waals surface area contributed by atoms with Crippen molar-refractivity contribution in [1.82, 2.24) is 9.97 Å². The molecule has 0 atom stereocenters. The second kappa shape index (κ2) is 9.07. The van der Waals surface area contributed by atoms with Gasteiger partial charge in [0.15, 0.2) is 27.8 Å². The average Bonchev–Trinajstić information content (AvgIpc) is 2.72. The van der Waals surface area contributed by atoms with Gasteiger partial charge < -0.3 is 24.7 Å². The molecule has 3 aromatic rings. The van der Waals surface area contributed by atoms with E-state index in [0.717, 1.165) is 16.8 Å². The van der Waals surface area contributed by atoms with E-state index in [1.165, 1.54) is 14.2 Å². The Morgan fingerprint density at radius 2 is 1.38 bits per heavy atom. The molecule has 0 saturated carbocycles. The molecule has 3 rings (SSSR count). The summed E-state index contributed by atoms with van der Waals surface area (Å²) in [7, 11) is 3.01. The zero-order chi connectivity index (χ0) is 20.8. The third-order valence-electron chi connectivity index (χ3n) is 4.09. The zero-order valence-corrected chi connectivity index (χ0v) is 16.7. The lowest BCUT2D eigenvalue weighted by Crippen LogP contribution is -1.90. The van der Waals surface area contributed by atoms with Crippen molar-refractivity contribution in [2.24, 2.45) is 0 Å². The second-order valence-corrected chi connectivity index (χ2v) is 6.48. The summed E-state index contributed by atoms with van der Waals surface area (Å²) in [4.78, 5) is 7.34. The number of methoxy groups -OCH3 is 2. The van der Waals surface area contributed by atoms with E-state index in [-0.39, 0.29) is 11.5 Å². The number of phenols is 2. The summed E-state index contributed by atoms with van der Waals surface area (Å²) >= 11 is 5.22. The van der Waals surface area contributed by atoms with Crippen LogP contribution in [0.5, 0.6) is 23.0 Å². The van der Waals surface area contributed by atoms with Crippen molar-refractivity contribution in [3.8, 4) is 23.0 Å². The van der Waals surface area contributed by atoms with E-state index < -0.39 is 0 Å². The number of aromatic hydroxyl groups is 2. The standard InChI is InChI=1S/C22H20N2O4S/c1-27-20-11-14(5-9-18(20)25)3-7-16-13-17(24-22(29)23-16)8-4-15-6-10-19(26)21(12-15)28-2/h3-13,25-26H,1-2H3,(H,23,24,29)/b7-3+,8-4+. The second-order valence-electron chi connectivity index (χ2n) is 6.10. The summed E-state index contributed by atoms with van der Waals surface area (Å²) in [5, 5.41) is 19.4. The maximum absolute atomic E-state index is 9.69. The van der Waals surface area contributed by atoms with Crippen molar-refractivity contribution >= 4 is 36.5 Å². The maximum atomic E-state index is 9.69. The minimum absolute atomic E-state index is 0.0863. The van der Waals surface area contributed by atoms with Crippen LogP contribution in [0.3, 0.4) is 0 Å². The van der Waals surface area contributed by atoms with Gasteiger partial charge in [-0.25, -0.2) is 4.98 Å². The SMILES string of the molecule is COc1cc(/C=C/c2cc(/C=C/c3ccc(O)c(OC)c3)[nH]c(=S)n2)ccc1O. The Bertz CT molecular complexity index is 1050. The lowest BCUT2D eigenvalue weighted by atomic mass is 10.1. The van der Waals surface area contributed by atoms with Gasteiger partial charge in [-0.1, -0.05) is 24.3 Å². The van der Waals surface area contributed by atoms with Gasteiger partial charge in [0.1, 0.15) is 0 Å². The molecule has 1 aromatic heterocycles. The monoisotopic (exact) mass is 408 g/mol. The Kier molecular flexibility index (Phi) is 6.31. The minimum Gasteiger partial charge on any atom is -0.504 e. The molecule has 0 radical (unpaired) electrons. The molecule has 0 aliphatic rings. The Morgan fingerprint density at radius 3 is 1.93 bits per heavy atom. The van der Waals surface area contributed by atoms with Crippen LogP contribution < -0.4 is 9.47 Å². The molecular weight excluding hydrogens is 388 g/mol. The summed E-state index contributed by atoms with van der Waals surface area (Å²) in [6, 6.07) is 12.0. The smallest absolute Gasteiger partial charge is 0.197 e. The Hall–Kier alpha value is -3.58. The van der Waals surface area contributed by atoms with Crippen LogP contribution >= 0.6 is 12.2 Å². The Balaban J connectivity index is 1.84. The average molecular weight is 408 g/mol. The molecular formula is C22H20N2O4S. The number of hydrogen-bond donors (Lipinski definition) is 3. The molecule has 0 bridgehead atoms. The number of hydrogen-bond acceptors (Lipinski definition) is 6. The number of aromatic nitrogens is 2. The van der Waals surface area contributed by atoms with Crippen LogP contribution in [-0.4, -0.2) is 34.4 Å². The van der Waals surface area contributed by atoms with Gasteiger partial charge in [0, 0.05) is 5.69 Å². The third-order valence-corrected chi connectivity index (χ3v) is 4.29. The van der Waals surface area contributed by atoms with Crippen molar-refractivity contribution in [1.29, 1.82) is 0 Å². The number of nitrogens with zero attached hydrogens (tertiary/aromatic N) is 1. The molecule has 0 amide bonds. The van der Waals surface area contributed by atoms with Crippen LogP contribution in [0, 0.1) is 4.77 Å². The largest absolute Gasteiger partial charge is 0.504 e. The third kappa shape index (κ3) is 5.24. The molecule has 0 saturated heterocycles. The maximum Gasteiger partial charge on any atom is 0.197 e. The number of benzene rings is 2. The molecule has 3 N–H and O–H groups in total. The highest BCUT2D eigenvalue weighted by molar-refractivity contribution is 7.71. The van der Waals surface area contributed by atoms with Gasteiger partial charge in [-0.15, -0.1) is 0 Å². The lowest BCUT2D eigenvalue weighted by molar-refractivity contribution is 0.373. The molecule has 6 nitrogen and oxygen atoms in total. The molecule has 0 aliphatic carbocycles. The number of nitrogens with one attached hydrogen (secondary N) is 1. The van der Waals surface area contributed by atoms with Gasteiger partial charge in [-0.2, -0.15) is 0 Å². The summed E-state index contributed by atoms with van der Waals surface area (Å²) in [5.41, 5.74) is 3.18. The number of rotatable bonds is 6. The van der Waals surface area contributed by atoms with Crippen molar-refractivity contribution in [3.05, 3.63) is 69.8 Å². The molecule has 0 aliphatic heterocycles. The first-order valence-corrected chi connectivity index (χ1v) is 9.11. The first-order valence-electron chi connectivity index (χ1n) is 8.70. The Labute approximate surface area is 173 Å². The fourth-order valence-electron chi connectivity index (χ4n) is 2.63. The van der Waals surface area contributed by atoms with E-state index in [1.807, 2.05) is 30.4 Å². The molecule has 7 heteroatoms. The van der Waals surface area contributed by atoms with Crippen molar-refractivity contribution in [2.45, 2.75) is 0 Å². The highest BCUT2D eigenvalue weighted by Crippen LogP contribution is 2.28. The highest BCUT2D eigenvalue weighted by Gasteiger charge is 2.02. The fraction of sp³-hybridized carbons (Fsp3) is 0.0909. The van der Waals surface area contributed by atoms with E-state index in [0.29, 0.717) is 22.0 Å². The van der Waals surface area contributed by atoms with Gasteiger partial charge in [-0.3, -0.25) is 0 Å². The predicted octanol–water partition coefficient (Wildman–Crippen LogP) is 4.91. The molecule has 29 heavy (non-hydrogen) atoms. The van der Waals surface area contributed by atoms with Crippen molar-refractivity contribution < 1.29 is 19.7 Å². The van der Waals surface area contributed by atoms with Crippen LogP contribution in [-0.2, 0) is 0 Å². The van der Waals surface area contributed by atoms with Gasteiger partial charge >= 0.3 is 0 Å². The van der Waals surface area contributed by atoms with Gasteiger partial charge in [-0.05, 0) is 65.8 Å². The first-order chi connectivity index (χ1) is 14.0. The number of phenolic OH excluding ortho intramolecular Hbond substituents is 2. The van der Waals surface area contributed by atoms with Gasteiger partial charge in [0.25, 0.3) is 0 Å². The van der Waals surface area contributed by atoms with E-state index in [9.17, 15) is 10.2 Å². The summed E-state index contributed by atoms with van der Waals surface area (Å²) in [6.07, 6.45) is 7.43. The number of ether oxygens (including phenoxy) is 2. The quantitative estimate of drug-likeness (QED) is 0.503. The van der Waals surface area contributed by atoms with E-state index >= 15 is 0 Å². The van der Waals surface area contributed by atoms with Crippen LogP contribution in [0.25, 0.3) is 24.3 Å². The zero-order valence-electron chi connectivity index (χ0n) is 15.9. The van der Waals surface area contributed by atoms with Crippen LogP contribution in [0.1, 0.15) is 22.5 Å². The molecule has 0 spiro atoms. The lowest BCUT2D eigenvalue weighted by Gasteiger charge is -2.04. The molecule has 0 fully saturated rings. The van der Waals surface area contributed by atoms with Crippen molar-refractivity contribution in [3.63, 3.8) is 0 Å². The van der Waals surface area contributed by atoms with Gasteiger partial charge in [0.05, 0.1) is 19.9 Å². The van der Waals surface area contributed by atoms with Crippen LogP contribution in [0.4, 0.5) is 0 Å². The van der Waals surface area contributed by atoms with Crippen LogP contribution in [0.2, 0.25) is 0 Å². The number of H-pyrrole nitrogens is 1. The minimum atomic E-state index is 0.0863. The van der Waals surface area contributed by atoms with Gasteiger partial charge in [0.2, 0.25) is 0 Å². The summed E-state index contributed by atoms with van der Waals surface area (Å²) in [6.45, 7) is 0. The predicted molar refractivity (Wildman–Crippen MR) is 117 cm³/mol. The normalized spacial score (nSPS) is 11.2. The van der Waals surface area contributed by atoms with Crippen molar-refractivity contribution in [2.75, 3.05) is 14.2 Å². The summed E-state index contributed by atoms with van der Waals surface area (Å²) in [5.74, 6) is 0.982. The molecule has 2 aromatic carbocycles.